The molecule has 1 aromatic rings. The van der Waals surface area contributed by atoms with E-state index in [4.69, 9.17) is 9.47 Å². The van der Waals surface area contributed by atoms with E-state index in [0.29, 0.717) is 24.6 Å². The van der Waals surface area contributed by atoms with Crippen molar-refractivity contribution in [3.05, 3.63) is 22.5 Å². The predicted molar refractivity (Wildman–Crippen MR) is 173 cm³/mol. The topological polar surface area (TPSA) is 68.4 Å². The molecular formula is C36H65NO4. The number of esters is 2. The number of H-pyrrole nitrogens is 1. The monoisotopic (exact) mass is 575 g/mol. The van der Waals surface area contributed by atoms with Crippen LogP contribution in [0.25, 0.3) is 0 Å². The van der Waals surface area contributed by atoms with E-state index >= 15 is 0 Å². The van der Waals surface area contributed by atoms with Gasteiger partial charge in [-0.3, -0.25) is 0 Å². The van der Waals surface area contributed by atoms with Crippen molar-refractivity contribution in [3.8, 4) is 0 Å². The van der Waals surface area contributed by atoms with Gasteiger partial charge in [-0.15, -0.1) is 0 Å². The summed E-state index contributed by atoms with van der Waals surface area (Å²) in [4.78, 5) is 28.9. The molecule has 0 bridgehead atoms. The van der Waals surface area contributed by atoms with E-state index in [0.717, 1.165) is 49.7 Å². The van der Waals surface area contributed by atoms with Crippen LogP contribution in [0.5, 0.6) is 0 Å². The largest absolute Gasteiger partial charge is 0.461 e. The highest BCUT2D eigenvalue weighted by molar-refractivity contribution is 5.96. The minimum Gasteiger partial charge on any atom is -0.461 e. The molecule has 0 radical (unpaired) electrons. The van der Waals surface area contributed by atoms with Crippen LogP contribution in [0.2, 0.25) is 0 Å². The number of carbonyl (C=O) groups excluding carboxylic acids is 2. The second-order valence-electron chi connectivity index (χ2n) is 11.8. The van der Waals surface area contributed by atoms with Gasteiger partial charge in [-0.05, 0) is 50.7 Å². The number of hydrogen-bond acceptors (Lipinski definition) is 4. The maximum atomic E-state index is 12.9. The van der Waals surface area contributed by atoms with Crippen LogP contribution in [0.4, 0.5) is 0 Å². The van der Waals surface area contributed by atoms with Gasteiger partial charge in [0, 0.05) is 0 Å². The fourth-order valence-corrected chi connectivity index (χ4v) is 5.82. The van der Waals surface area contributed by atoms with E-state index < -0.39 is 0 Å². The summed E-state index contributed by atoms with van der Waals surface area (Å²) >= 11 is 0. The van der Waals surface area contributed by atoms with Gasteiger partial charge >= 0.3 is 11.9 Å². The highest BCUT2D eigenvalue weighted by Crippen LogP contribution is 2.26. The molecule has 0 fully saturated rings. The van der Waals surface area contributed by atoms with E-state index in [1.165, 1.54) is 116 Å². The smallest absolute Gasteiger partial charge is 0.355 e. The molecule has 1 aromatic heterocycles. The van der Waals surface area contributed by atoms with Crippen molar-refractivity contribution in [2.24, 2.45) is 0 Å². The Morgan fingerprint density at radius 3 is 0.976 bits per heavy atom. The molecule has 1 heterocycles. The van der Waals surface area contributed by atoms with Crippen molar-refractivity contribution in [1.82, 2.24) is 4.98 Å². The zero-order chi connectivity index (χ0) is 30.0. The average Bonchev–Trinajstić information content (AvgIpc) is 3.33. The maximum absolute atomic E-state index is 12.9. The van der Waals surface area contributed by atoms with Crippen LogP contribution in [0, 0.1) is 0 Å². The molecule has 1 N–H and O–H groups in total. The standard InChI is InChI=1S/C36H65NO4/c1-5-9-11-13-15-17-19-21-23-25-27-29-31-32(30-28-26-24-22-20-18-16-14-12-10-6-2)34(36(39)41-8-4)37-33(31)35(38)40-7-3/h37H,5-30H2,1-4H3. The minimum atomic E-state index is -0.360. The lowest BCUT2D eigenvalue weighted by Crippen LogP contribution is -2.09. The number of nitrogens with one attached hydrogen (secondary N) is 1. The Kier molecular flexibility index (Phi) is 23.5. The second-order valence-corrected chi connectivity index (χ2v) is 11.8. The third-order valence-electron chi connectivity index (χ3n) is 8.24. The first kappa shape index (κ1) is 37.2. The molecule has 0 unspecified atom stereocenters. The predicted octanol–water partition coefficient (Wildman–Crippen LogP) is 11.1. The van der Waals surface area contributed by atoms with Crippen molar-refractivity contribution >= 4 is 11.9 Å². The molecule has 0 saturated carbocycles. The molecule has 0 saturated heterocycles. The van der Waals surface area contributed by atoms with Gasteiger partial charge in [-0.25, -0.2) is 9.59 Å². The number of hydrogen-bond donors (Lipinski definition) is 1. The van der Waals surface area contributed by atoms with Gasteiger partial charge in [0.1, 0.15) is 11.4 Å². The third-order valence-corrected chi connectivity index (χ3v) is 8.24. The normalized spacial score (nSPS) is 11.2. The molecule has 5 heteroatoms. The lowest BCUT2D eigenvalue weighted by molar-refractivity contribution is 0.0515. The molecule has 1 rings (SSSR count). The molecule has 0 spiro atoms. The van der Waals surface area contributed by atoms with Crippen LogP contribution < -0.4 is 0 Å². The summed E-state index contributed by atoms with van der Waals surface area (Å²) < 4.78 is 10.7. The summed E-state index contributed by atoms with van der Waals surface area (Å²) in [6.45, 7) is 8.81. The van der Waals surface area contributed by atoms with E-state index in [9.17, 15) is 9.59 Å². The third kappa shape index (κ3) is 17.1. The molecule has 0 amide bonds. The van der Waals surface area contributed by atoms with E-state index in [2.05, 4.69) is 18.8 Å². The Bertz CT molecular complexity index is 722. The Labute approximate surface area is 253 Å². The van der Waals surface area contributed by atoms with Crippen molar-refractivity contribution in [1.29, 1.82) is 0 Å². The lowest BCUT2D eigenvalue weighted by atomic mass is 9.96. The molecule has 0 atom stereocenters. The number of ether oxygens (including phenoxy) is 2. The van der Waals surface area contributed by atoms with Crippen LogP contribution in [-0.4, -0.2) is 30.1 Å². The number of aromatic nitrogens is 1. The Morgan fingerprint density at radius 1 is 0.439 bits per heavy atom. The van der Waals surface area contributed by atoms with E-state index in [-0.39, 0.29) is 11.9 Å². The van der Waals surface area contributed by atoms with Crippen LogP contribution >= 0.6 is 0 Å². The van der Waals surface area contributed by atoms with E-state index in [1.807, 2.05) is 13.8 Å². The van der Waals surface area contributed by atoms with Crippen molar-refractivity contribution < 1.29 is 19.1 Å². The molecule has 0 aliphatic rings. The van der Waals surface area contributed by atoms with E-state index in [1.54, 1.807) is 0 Å². The molecule has 0 aliphatic carbocycles. The lowest BCUT2D eigenvalue weighted by Gasteiger charge is -2.09. The SMILES string of the molecule is CCCCCCCCCCCCCc1c(C(=O)OCC)[nH]c(C(=O)OCC)c1CCCCCCCCCCCCC. The van der Waals surface area contributed by atoms with Crippen LogP contribution in [-0.2, 0) is 22.3 Å². The highest BCUT2D eigenvalue weighted by atomic mass is 16.5. The molecular weight excluding hydrogens is 510 g/mol. The summed E-state index contributed by atoms with van der Waals surface area (Å²) in [7, 11) is 0. The zero-order valence-corrected chi connectivity index (χ0v) is 27.5. The molecule has 0 aromatic carbocycles. The summed E-state index contributed by atoms with van der Waals surface area (Å²) in [5, 5.41) is 0. The Balaban J connectivity index is 2.65. The maximum Gasteiger partial charge on any atom is 0.355 e. The fourth-order valence-electron chi connectivity index (χ4n) is 5.82. The first-order valence-electron chi connectivity index (χ1n) is 17.7. The number of rotatable bonds is 28. The van der Waals surface area contributed by atoms with Gasteiger partial charge < -0.3 is 14.5 Å². The van der Waals surface area contributed by atoms with Gasteiger partial charge in [0.05, 0.1) is 13.2 Å². The zero-order valence-electron chi connectivity index (χ0n) is 27.5. The van der Waals surface area contributed by atoms with Crippen molar-refractivity contribution in [2.45, 2.75) is 182 Å². The quantitative estimate of drug-likeness (QED) is 0.0797. The molecule has 41 heavy (non-hydrogen) atoms. The summed E-state index contributed by atoms with van der Waals surface area (Å²) in [5.74, 6) is -0.720. The summed E-state index contributed by atoms with van der Waals surface area (Å²) in [6.07, 6.45) is 29.9. The molecule has 238 valence electrons. The number of carbonyl (C=O) groups is 2. The number of aromatic amines is 1. The van der Waals surface area contributed by atoms with Crippen LogP contribution in [0.15, 0.2) is 0 Å². The summed E-state index contributed by atoms with van der Waals surface area (Å²) in [5.41, 5.74) is 2.88. The summed E-state index contributed by atoms with van der Waals surface area (Å²) in [6, 6.07) is 0. The molecule has 5 nitrogen and oxygen atoms in total. The number of unbranched alkanes of at least 4 members (excludes halogenated alkanes) is 20. The van der Waals surface area contributed by atoms with Gasteiger partial charge in [0.2, 0.25) is 0 Å². The highest BCUT2D eigenvalue weighted by Gasteiger charge is 2.26. The molecule has 0 aliphatic heterocycles. The average molecular weight is 576 g/mol. The van der Waals surface area contributed by atoms with Crippen molar-refractivity contribution in [3.63, 3.8) is 0 Å². The first-order chi connectivity index (χ1) is 20.1. The minimum absolute atomic E-state index is 0.318. The second kappa shape index (κ2) is 25.9. The Hall–Kier alpha value is -1.78. The van der Waals surface area contributed by atoms with Gasteiger partial charge in [-0.1, -0.05) is 142 Å². The van der Waals surface area contributed by atoms with Gasteiger partial charge in [0.15, 0.2) is 0 Å². The Morgan fingerprint density at radius 2 is 0.707 bits per heavy atom. The fraction of sp³-hybridized carbons (Fsp3) is 0.833. The van der Waals surface area contributed by atoms with Crippen LogP contribution in [0.1, 0.15) is 201 Å². The van der Waals surface area contributed by atoms with Crippen molar-refractivity contribution in [2.75, 3.05) is 13.2 Å². The first-order valence-corrected chi connectivity index (χ1v) is 17.7. The van der Waals surface area contributed by atoms with Crippen LogP contribution in [0.3, 0.4) is 0 Å². The van der Waals surface area contributed by atoms with Gasteiger partial charge in [0.25, 0.3) is 0 Å². The van der Waals surface area contributed by atoms with Gasteiger partial charge in [-0.2, -0.15) is 0 Å².